The van der Waals surface area contributed by atoms with Gasteiger partial charge in [0.2, 0.25) is 0 Å². The molecule has 7 heteroatoms. The monoisotopic (exact) mass is 302 g/mol. The van der Waals surface area contributed by atoms with Crippen molar-refractivity contribution < 1.29 is 27.8 Å². The Morgan fingerprint density at radius 3 is 2.45 bits per heavy atom. The molecule has 0 fully saturated rings. The average molecular weight is 302 g/mol. The van der Waals surface area contributed by atoms with Crippen molar-refractivity contribution in [2.45, 2.75) is 24.8 Å². The predicted molar refractivity (Wildman–Crippen MR) is 72.4 cm³/mol. The Labute approximate surface area is 118 Å². The van der Waals surface area contributed by atoms with E-state index in [2.05, 4.69) is 0 Å². The molecule has 0 bridgehead atoms. The van der Waals surface area contributed by atoms with E-state index in [1.54, 1.807) is 13.8 Å². The zero-order chi connectivity index (χ0) is 15.5. The lowest BCUT2D eigenvalue weighted by Gasteiger charge is -2.16. The molecule has 1 unspecified atom stereocenters. The van der Waals surface area contributed by atoms with Crippen molar-refractivity contribution in [3.63, 3.8) is 0 Å². The number of rotatable bonds is 5. The summed E-state index contributed by atoms with van der Waals surface area (Å²) < 4.78 is 33.4. The third-order valence-corrected chi connectivity index (χ3v) is 3.88. The second-order valence-corrected chi connectivity index (χ2v) is 6.27. The Morgan fingerprint density at radius 1 is 1.40 bits per heavy atom. The highest BCUT2D eigenvalue weighted by molar-refractivity contribution is 7.90. The fraction of sp³-hybridized carbons (Fsp3) is 0.462. The van der Waals surface area contributed by atoms with Gasteiger partial charge in [0.05, 0.1) is 18.6 Å². The first-order valence-corrected chi connectivity index (χ1v) is 7.84. The van der Waals surface area contributed by atoms with Crippen molar-refractivity contribution in [1.29, 1.82) is 0 Å². The summed E-state index contributed by atoms with van der Waals surface area (Å²) in [5.41, 5.74) is 0.543. The normalized spacial score (nSPS) is 12.8. The van der Waals surface area contributed by atoms with E-state index >= 15 is 0 Å². The molecule has 1 rings (SSSR count). The first-order chi connectivity index (χ1) is 9.22. The smallest absolute Gasteiger partial charge is 0.339 e. The summed E-state index contributed by atoms with van der Waals surface area (Å²) in [5, 5.41) is 9.98. The maximum Gasteiger partial charge on any atom is 0.339 e. The topological polar surface area (TPSA) is 89.9 Å². The highest BCUT2D eigenvalue weighted by atomic mass is 32.2. The van der Waals surface area contributed by atoms with E-state index in [1.165, 1.54) is 19.2 Å². The van der Waals surface area contributed by atoms with Crippen LogP contribution in [0.1, 0.15) is 24.2 Å². The van der Waals surface area contributed by atoms with Crippen molar-refractivity contribution in [3.8, 4) is 5.75 Å². The van der Waals surface area contributed by atoms with Gasteiger partial charge in [-0.1, -0.05) is 0 Å². The van der Waals surface area contributed by atoms with Crippen LogP contribution in [0.3, 0.4) is 0 Å². The van der Waals surface area contributed by atoms with Crippen molar-refractivity contribution in [2.75, 3.05) is 20.0 Å². The molecule has 1 atom stereocenters. The van der Waals surface area contributed by atoms with E-state index in [0.717, 1.165) is 6.26 Å². The molecule has 0 spiro atoms. The van der Waals surface area contributed by atoms with Crippen molar-refractivity contribution in [3.05, 3.63) is 23.3 Å². The third kappa shape index (κ3) is 3.49. The number of benzene rings is 1. The Hall–Kier alpha value is -1.60. The number of carbonyl (C=O) groups excluding carboxylic acids is 1. The van der Waals surface area contributed by atoms with Crippen LogP contribution in [0.2, 0.25) is 0 Å². The number of sulfone groups is 1. The molecule has 1 aromatic rings. The molecule has 0 aliphatic heterocycles. The summed E-state index contributed by atoms with van der Waals surface area (Å²) in [6, 6.07) is 2.71. The SMILES string of the molecule is CCOC(=O)C(O)c1cc(OC)c(C)cc1S(C)(=O)=O. The Bertz CT molecular complexity index is 606. The number of aryl methyl sites for hydroxylation is 1. The lowest BCUT2D eigenvalue weighted by molar-refractivity contribution is -0.153. The Kier molecular flexibility index (Phi) is 5.13. The number of methoxy groups -OCH3 is 1. The zero-order valence-corrected chi connectivity index (χ0v) is 12.7. The van der Waals surface area contributed by atoms with E-state index in [4.69, 9.17) is 9.47 Å². The van der Waals surface area contributed by atoms with Crippen LogP contribution in [0.25, 0.3) is 0 Å². The largest absolute Gasteiger partial charge is 0.496 e. The second kappa shape index (κ2) is 6.23. The fourth-order valence-corrected chi connectivity index (χ4v) is 2.77. The van der Waals surface area contributed by atoms with Crippen LogP contribution in [-0.4, -0.2) is 39.5 Å². The minimum absolute atomic E-state index is 0.0478. The van der Waals surface area contributed by atoms with Crippen LogP contribution in [-0.2, 0) is 19.4 Å². The first kappa shape index (κ1) is 16.5. The number of ether oxygens (including phenoxy) is 2. The minimum atomic E-state index is -3.60. The predicted octanol–water partition coefficient (Wildman–Crippen LogP) is 1.00. The van der Waals surface area contributed by atoms with E-state index in [-0.39, 0.29) is 17.1 Å². The fourth-order valence-electron chi connectivity index (χ4n) is 1.78. The lowest BCUT2D eigenvalue weighted by atomic mass is 10.1. The Balaban J connectivity index is 3.46. The Morgan fingerprint density at radius 2 is 2.00 bits per heavy atom. The molecular weight excluding hydrogens is 284 g/mol. The summed E-state index contributed by atoms with van der Waals surface area (Å²) in [6.45, 7) is 3.36. The quantitative estimate of drug-likeness (QED) is 0.816. The molecule has 0 aliphatic rings. The van der Waals surface area contributed by atoms with Gasteiger partial charge in [0.15, 0.2) is 15.9 Å². The molecule has 1 aromatic carbocycles. The van der Waals surface area contributed by atoms with Gasteiger partial charge in [0.25, 0.3) is 0 Å². The van der Waals surface area contributed by atoms with E-state index in [1.807, 2.05) is 0 Å². The van der Waals surface area contributed by atoms with Gasteiger partial charge in [0, 0.05) is 11.8 Å². The highest BCUT2D eigenvalue weighted by Gasteiger charge is 2.27. The highest BCUT2D eigenvalue weighted by Crippen LogP contribution is 2.30. The standard InChI is InChI=1S/C13H18O6S/c1-5-19-13(15)12(14)9-7-10(18-3)8(2)6-11(9)20(4,16)17/h6-7,12,14H,5H2,1-4H3. The maximum absolute atomic E-state index is 11.8. The molecule has 0 saturated heterocycles. The maximum atomic E-state index is 11.8. The van der Waals surface area contributed by atoms with E-state index in [9.17, 15) is 18.3 Å². The summed E-state index contributed by atoms with van der Waals surface area (Å²) in [7, 11) is -2.18. The van der Waals surface area contributed by atoms with Crippen molar-refractivity contribution in [2.24, 2.45) is 0 Å². The molecule has 0 heterocycles. The molecule has 0 aromatic heterocycles. The van der Waals surface area contributed by atoms with Crippen LogP contribution in [0.15, 0.2) is 17.0 Å². The summed E-state index contributed by atoms with van der Waals surface area (Å²) >= 11 is 0. The van der Waals surface area contributed by atoms with Crippen LogP contribution in [0.4, 0.5) is 0 Å². The molecule has 20 heavy (non-hydrogen) atoms. The number of aliphatic hydroxyl groups excluding tert-OH is 1. The molecule has 0 saturated carbocycles. The van der Waals surface area contributed by atoms with Gasteiger partial charge in [-0.15, -0.1) is 0 Å². The van der Waals surface area contributed by atoms with Gasteiger partial charge in [0.1, 0.15) is 5.75 Å². The first-order valence-electron chi connectivity index (χ1n) is 5.95. The summed E-state index contributed by atoms with van der Waals surface area (Å²) in [4.78, 5) is 11.5. The molecule has 0 amide bonds. The van der Waals surface area contributed by atoms with Crippen LogP contribution in [0, 0.1) is 6.92 Å². The van der Waals surface area contributed by atoms with Gasteiger partial charge < -0.3 is 14.6 Å². The van der Waals surface area contributed by atoms with E-state index < -0.39 is 21.9 Å². The lowest BCUT2D eigenvalue weighted by Crippen LogP contribution is -2.18. The average Bonchev–Trinajstić information content (AvgIpc) is 2.36. The molecular formula is C13H18O6S. The molecule has 1 N–H and O–H groups in total. The van der Waals surface area contributed by atoms with Crippen molar-refractivity contribution >= 4 is 15.8 Å². The second-order valence-electron chi connectivity index (χ2n) is 4.29. The zero-order valence-electron chi connectivity index (χ0n) is 11.8. The number of aliphatic hydroxyl groups is 1. The number of esters is 1. The minimum Gasteiger partial charge on any atom is -0.496 e. The van der Waals surface area contributed by atoms with Gasteiger partial charge in [-0.3, -0.25) is 0 Å². The number of hydrogen-bond acceptors (Lipinski definition) is 6. The number of hydrogen-bond donors (Lipinski definition) is 1. The van der Waals surface area contributed by atoms with Crippen LogP contribution in [0.5, 0.6) is 5.75 Å². The van der Waals surface area contributed by atoms with Crippen molar-refractivity contribution in [1.82, 2.24) is 0 Å². The van der Waals surface area contributed by atoms with Crippen LogP contribution < -0.4 is 4.74 Å². The number of carbonyl (C=O) groups is 1. The van der Waals surface area contributed by atoms with Crippen LogP contribution >= 0.6 is 0 Å². The van der Waals surface area contributed by atoms with Gasteiger partial charge >= 0.3 is 5.97 Å². The van der Waals surface area contributed by atoms with Gasteiger partial charge in [-0.25, -0.2) is 13.2 Å². The third-order valence-electron chi connectivity index (χ3n) is 2.73. The van der Waals surface area contributed by atoms with E-state index in [0.29, 0.717) is 11.3 Å². The summed E-state index contributed by atoms with van der Waals surface area (Å²) in [5.74, 6) is -0.515. The summed E-state index contributed by atoms with van der Waals surface area (Å²) in [6.07, 6.45) is -0.663. The van der Waals surface area contributed by atoms with Gasteiger partial charge in [-0.05, 0) is 31.5 Å². The molecule has 112 valence electrons. The van der Waals surface area contributed by atoms with Gasteiger partial charge in [-0.2, -0.15) is 0 Å². The molecule has 0 radical (unpaired) electrons. The molecule has 0 aliphatic carbocycles. The molecule has 6 nitrogen and oxygen atoms in total.